The standard InChI is InChI=1S/C20H25NO5/c1-12(22)13-5-6-14-15(11-13)26-20(17(16(14)23)19(2,3)4)7-9-21(10-8-20)18(24)25/h5-6,11,17H,7-10H2,1-4H3,(H,24,25). The van der Waals surface area contributed by atoms with Gasteiger partial charge in [-0.25, -0.2) is 4.79 Å². The van der Waals surface area contributed by atoms with Gasteiger partial charge in [0, 0.05) is 31.5 Å². The fraction of sp³-hybridized carbons (Fsp3) is 0.550. The highest BCUT2D eigenvalue weighted by atomic mass is 16.5. The third-order valence-electron chi connectivity index (χ3n) is 5.50. The number of hydrogen-bond acceptors (Lipinski definition) is 4. The second kappa shape index (κ2) is 6.11. The zero-order chi connectivity index (χ0) is 19.3. The zero-order valence-corrected chi connectivity index (χ0v) is 15.7. The van der Waals surface area contributed by atoms with Crippen molar-refractivity contribution in [3.05, 3.63) is 29.3 Å². The minimum atomic E-state index is -0.950. The number of fused-ring (bicyclic) bond motifs is 1. The fourth-order valence-electron chi connectivity index (χ4n) is 4.35. The van der Waals surface area contributed by atoms with Crippen molar-refractivity contribution >= 4 is 17.7 Å². The van der Waals surface area contributed by atoms with Crippen LogP contribution in [0.15, 0.2) is 18.2 Å². The number of hydrogen-bond donors (Lipinski definition) is 1. The van der Waals surface area contributed by atoms with Crippen LogP contribution in [0.2, 0.25) is 0 Å². The molecule has 0 aliphatic carbocycles. The first-order valence-electron chi connectivity index (χ1n) is 8.91. The number of carboxylic acid groups (broad SMARTS) is 1. The summed E-state index contributed by atoms with van der Waals surface area (Å²) in [7, 11) is 0. The van der Waals surface area contributed by atoms with Crippen LogP contribution in [0.25, 0.3) is 0 Å². The number of nitrogens with zero attached hydrogens (tertiary/aromatic N) is 1. The van der Waals surface area contributed by atoms with E-state index in [4.69, 9.17) is 4.74 Å². The minimum absolute atomic E-state index is 0.0117. The number of Topliss-reactive ketones (excluding diaryl/α,β-unsaturated/α-hetero) is 2. The van der Waals surface area contributed by atoms with E-state index >= 15 is 0 Å². The summed E-state index contributed by atoms with van der Waals surface area (Å²) in [6.45, 7) is 8.18. The normalized spacial score (nSPS) is 21.9. The molecule has 1 atom stereocenters. The second-order valence-electron chi connectivity index (χ2n) is 8.37. The van der Waals surface area contributed by atoms with Crippen LogP contribution in [0.5, 0.6) is 5.75 Å². The van der Waals surface area contributed by atoms with Gasteiger partial charge in [-0.05, 0) is 24.5 Å². The molecule has 2 aliphatic heterocycles. The Kier molecular flexibility index (Phi) is 4.33. The molecule has 3 rings (SSSR count). The van der Waals surface area contributed by atoms with Gasteiger partial charge < -0.3 is 14.7 Å². The molecule has 1 aromatic carbocycles. The molecule has 1 spiro atoms. The van der Waals surface area contributed by atoms with Gasteiger partial charge in [0.25, 0.3) is 0 Å². The summed E-state index contributed by atoms with van der Waals surface area (Å²) in [5.74, 6) is -0.0113. The Balaban J connectivity index is 2.05. The number of rotatable bonds is 1. The average molecular weight is 359 g/mol. The summed E-state index contributed by atoms with van der Waals surface area (Å²) in [6.07, 6.45) is -0.0403. The van der Waals surface area contributed by atoms with Crippen molar-refractivity contribution in [3.8, 4) is 5.75 Å². The number of carbonyl (C=O) groups excluding carboxylic acids is 2. The van der Waals surface area contributed by atoms with E-state index in [-0.39, 0.29) is 22.9 Å². The number of ether oxygens (including phenoxy) is 1. The van der Waals surface area contributed by atoms with Crippen LogP contribution in [-0.2, 0) is 0 Å². The van der Waals surface area contributed by atoms with Crippen LogP contribution in [0.4, 0.5) is 4.79 Å². The molecule has 2 heterocycles. The van der Waals surface area contributed by atoms with Gasteiger partial charge in [0.2, 0.25) is 0 Å². The summed E-state index contributed by atoms with van der Waals surface area (Å²) in [5.41, 5.74) is -0.0755. The molecular weight excluding hydrogens is 334 g/mol. The Bertz CT molecular complexity index is 769. The number of ketones is 2. The van der Waals surface area contributed by atoms with Crippen molar-refractivity contribution in [2.75, 3.05) is 13.1 Å². The molecule has 1 fully saturated rings. The highest BCUT2D eigenvalue weighted by Gasteiger charge is 2.55. The Morgan fingerprint density at radius 1 is 1.23 bits per heavy atom. The predicted octanol–water partition coefficient (Wildman–Crippen LogP) is 3.64. The molecule has 140 valence electrons. The van der Waals surface area contributed by atoms with Gasteiger partial charge >= 0.3 is 6.09 Å². The molecule has 0 saturated carbocycles. The van der Waals surface area contributed by atoms with Gasteiger partial charge in [0.1, 0.15) is 11.4 Å². The molecule has 0 aromatic heterocycles. The Labute approximate surface area is 153 Å². The van der Waals surface area contributed by atoms with Gasteiger partial charge in [-0.1, -0.05) is 26.8 Å². The summed E-state index contributed by atoms with van der Waals surface area (Å²) in [6, 6.07) is 4.97. The molecule has 0 bridgehead atoms. The van der Waals surface area contributed by atoms with Crippen molar-refractivity contribution in [1.29, 1.82) is 0 Å². The predicted molar refractivity (Wildman–Crippen MR) is 95.9 cm³/mol. The third-order valence-corrected chi connectivity index (χ3v) is 5.50. The number of likely N-dealkylation sites (tertiary alicyclic amines) is 1. The highest BCUT2D eigenvalue weighted by Crippen LogP contribution is 2.49. The monoisotopic (exact) mass is 359 g/mol. The first-order chi connectivity index (χ1) is 12.0. The number of benzene rings is 1. The molecule has 26 heavy (non-hydrogen) atoms. The summed E-state index contributed by atoms with van der Waals surface area (Å²) < 4.78 is 6.40. The van der Waals surface area contributed by atoms with E-state index in [1.807, 2.05) is 20.8 Å². The molecule has 1 saturated heterocycles. The van der Waals surface area contributed by atoms with Crippen LogP contribution >= 0.6 is 0 Å². The van der Waals surface area contributed by atoms with E-state index in [0.717, 1.165) is 0 Å². The fourth-order valence-corrected chi connectivity index (χ4v) is 4.35. The summed E-state index contributed by atoms with van der Waals surface area (Å²) >= 11 is 0. The lowest BCUT2D eigenvalue weighted by Gasteiger charge is -2.52. The summed E-state index contributed by atoms with van der Waals surface area (Å²) in [4.78, 5) is 37.7. The average Bonchev–Trinajstić information content (AvgIpc) is 2.53. The van der Waals surface area contributed by atoms with E-state index in [2.05, 4.69) is 0 Å². The molecule has 0 radical (unpaired) electrons. The molecule has 6 nitrogen and oxygen atoms in total. The lowest BCUT2D eigenvalue weighted by molar-refractivity contribution is -0.0696. The molecule has 2 aliphatic rings. The maximum atomic E-state index is 13.3. The van der Waals surface area contributed by atoms with Crippen LogP contribution in [0, 0.1) is 11.3 Å². The largest absolute Gasteiger partial charge is 0.486 e. The number of carbonyl (C=O) groups is 3. The van der Waals surface area contributed by atoms with Crippen molar-refractivity contribution in [3.63, 3.8) is 0 Å². The maximum Gasteiger partial charge on any atom is 0.407 e. The number of amides is 1. The second-order valence-corrected chi connectivity index (χ2v) is 8.37. The lowest BCUT2D eigenvalue weighted by atomic mass is 9.62. The smallest absolute Gasteiger partial charge is 0.407 e. The van der Waals surface area contributed by atoms with E-state index in [1.165, 1.54) is 11.8 Å². The maximum absolute atomic E-state index is 13.3. The van der Waals surface area contributed by atoms with E-state index in [9.17, 15) is 19.5 Å². The van der Waals surface area contributed by atoms with Gasteiger partial charge in [0.15, 0.2) is 11.6 Å². The van der Waals surface area contributed by atoms with Gasteiger partial charge in [-0.15, -0.1) is 0 Å². The van der Waals surface area contributed by atoms with E-state index in [1.54, 1.807) is 18.2 Å². The first-order valence-corrected chi connectivity index (χ1v) is 8.91. The molecule has 6 heteroatoms. The Hall–Kier alpha value is -2.37. The zero-order valence-electron chi connectivity index (χ0n) is 15.7. The van der Waals surface area contributed by atoms with Gasteiger partial charge in [-0.2, -0.15) is 0 Å². The lowest BCUT2D eigenvalue weighted by Crippen LogP contribution is -2.60. The Morgan fingerprint density at radius 3 is 2.35 bits per heavy atom. The molecule has 1 aromatic rings. The van der Waals surface area contributed by atoms with Crippen molar-refractivity contribution < 1.29 is 24.2 Å². The van der Waals surface area contributed by atoms with Crippen LogP contribution in [0.1, 0.15) is 61.3 Å². The van der Waals surface area contributed by atoms with E-state index in [0.29, 0.717) is 42.8 Å². The van der Waals surface area contributed by atoms with Gasteiger partial charge in [0.05, 0.1) is 11.5 Å². The quantitative estimate of drug-likeness (QED) is 0.774. The Morgan fingerprint density at radius 2 is 1.85 bits per heavy atom. The first kappa shape index (κ1) is 18.4. The minimum Gasteiger partial charge on any atom is -0.486 e. The van der Waals surface area contributed by atoms with Gasteiger partial charge in [-0.3, -0.25) is 9.59 Å². The van der Waals surface area contributed by atoms with E-state index < -0.39 is 11.7 Å². The van der Waals surface area contributed by atoms with Crippen molar-refractivity contribution in [2.45, 2.75) is 46.1 Å². The van der Waals surface area contributed by atoms with Crippen molar-refractivity contribution in [1.82, 2.24) is 4.90 Å². The van der Waals surface area contributed by atoms with Crippen LogP contribution < -0.4 is 4.74 Å². The molecule has 1 unspecified atom stereocenters. The third kappa shape index (κ3) is 2.97. The molecular formula is C20H25NO5. The topological polar surface area (TPSA) is 83.9 Å². The summed E-state index contributed by atoms with van der Waals surface area (Å²) in [5, 5.41) is 9.24. The number of piperidine rings is 1. The molecule has 1 N–H and O–H groups in total. The van der Waals surface area contributed by atoms with Crippen LogP contribution in [0.3, 0.4) is 0 Å². The SMILES string of the molecule is CC(=O)c1ccc2c(c1)OC1(CCN(C(=O)O)CC1)C(C(C)(C)C)C2=O. The van der Waals surface area contributed by atoms with Crippen molar-refractivity contribution in [2.24, 2.45) is 11.3 Å². The highest BCUT2D eigenvalue weighted by molar-refractivity contribution is 6.04. The molecule has 1 amide bonds. The van der Waals surface area contributed by atoms with Crippen LogP contribution in [-0.4, -0.2) is 46.4 Å².